The highest BCUT2D eigenvalue weighted by molar-refractivity contribution is 5.47. The van der Waals surface area contributed by atoms with Gasteiger partial charge in [0.1, 0.15) is 0 Å². The van der Waals surface area contributed by atoms with Crippen LogP contribution in [0.5, 0.6) is 0 Å². The number of rotatable bonds is 2. The van der Waals surface area contributed by atoms with E-state index in [1.54, 1.807) is 0 Å². The van der Waals surface area contributed by atoms with Gasteiger partial charge in [-0.25, -0.2) is 0 Å². The maximum absolute atomic E-state index is 3.49. The molecule has 1 fully saturated rings. The van der Waals surface area contributed by atoms with Crippen molar-refractivity contribution in [3.05, 3.63) is 71.3 Å². The number of benzene rings is 2. The van der Waals surface area contributed by atoms with Crippen molar-refractivity contribution < 1.29 is 0 Å². The van der Waals surface area contributed by atoms with Crippen LogP contribution in [-0.2, 0) is 12.0 Å². The molecule has 2 aromatic rings. The number of hydrogen-bond donors (Lipinski definition) is 1. The summed E-state index contributed by atoms with van der Waals surface area (Å²) >= 11 is 0. The third-order valence-corrected chi connectivity index (χ3v) is 5.13. The van der Waals surface area contributed by atoms with Gasteiger partial charge in [-0.05, 0) is 29.5 Å². The van der Waals surface area contributed by atoms with E-state index in [1.165, 1.54) is 29.5 Å². The van der Waals surface area contributed by atoms with Crippen molar-refractivity contribution in [2.45, 2.75) is 18.4 Å². The molecule has 1 unspecified atom stereocenters. The second-order valence-corrected chi connectivity index (χ2v) is 6.12. The largest absolute Gasteiger partial charge is 0.314 e. The van der Waals surface area contributed by atoms with Crippen LogP contribution in [0.1, 0.15) is 23.1 Å². The Balaban J connectivity index is 1.88. The van der Waals surface area contributed by atoms with Crippen molar-refractivity contribution in [2.24, 2.45) is 0 Å². The molecule has 2 aromatic carbocycles. The Bertz CT molecular complexity index is 616. The van der Waals surface area contributed by atoms with Gasteiger partial charge >= 0.3 is 0 Å². The van der Waals surface area contributed by atoms with Gasteiger partial charge in [0, 0.05) is 26.2 Å². The molecule has 1 saturated heterocycles. The van der Waals surface area contributed by atoms with E-state index in [0.717, 1.165) is 26.2 Å². The van der Waals surface area contributed by atoms with Crippen LogP contribution in [0.25, 0.3) is 0 Å². The number of hydrogen-bond acceptors (Lipinski definition) is 2. The van der Waals surface area contributed by atoms with E-state index >= 15 is 0 Å². The second-order valence-electron chi connectivity index (χ2n) is 6.12. The number of piperazine rings is 1. The average Bonchev–Trinajstić information content (AvgIpc) is 2.97. The molecule has 0 bridgehead atoms. The van der Waals surface area contributed by atoms with Gasteiger partial charge in [-0.2, -0.15) is 0 Å². The Morgan fingerprint density at radius 2 is 1.57 bits per heavy atom. The maximum Gasteiger partial charge on any atom is 0.0722 e. The Morgan fingerprint density at radius 3 is 2.38 bits per heavy atom. The fourth-order valence-electron chi connectivity index (χ4n) is 4.16. The lowest BCUT2D eigenvalue weighted by atomic mass is 9.82. The fourth-order valence-corrected chi connectivity index (χ4v) is 4.16. The first-order valence-electron chi connectivity index (χ1n) is 8.01. The van der Waals surface area contributed by atoms with E-state index in [1.807, 2.05) is 0 Å². The molecule has 2 nitrogen and oxygen atoms in total. The standard InChI is InChI=1S/C19H22N2/c1-2-7-17(8-3-1)19(21-14-12-20-13-15-21)11-10-16-6-4-5-9-18(16)19/h1-9,20H,10-15H2. The highest BCUT2D eigenvalue weighted by Crippen LogP contribution is 2.46. The van der Waals surface area contributed by atoms with Gasteiger partial charge in [-0.15, -0.1) is 0 Å². The van der Waals surface area contributed by atoms with Crippen LogP contribution in [0, 0.1) is 0 Å². The van der Waals surface area contributed by atoms with Gasteiger partial charge in [0.15, 0.2) is 0 Å². The third-order valence-electron chi connectivity index (χ3n) is 5.13. The van der Waals surface area contributed by atoms with E-state index in [2.05, 4.69) is 64.8 Å². The molecule has 2 heteroatoms. The van der Waals surface area contributed by atoms with Crippen LogP contribution < -0.4 is 5.32 Å². The zero-order valence-corrected chi connectivity index (χ0v) is 12.4. The van der Waals surface area contributed by atoms with Gasteiger partial charge in [0.05, 0.1) is 5.54 Å². The maximum atomic E-state index is 3.49. The minimum atomic E-state index is 0.0833. The highest BCUT2D eigenvalue weighted by Gasteiger charge is 2.44. The molecule has 0 amide bonds. The number of nitrogens with zero attached hydrogens (tertiary/aromatic N) is 1. The zero-order valence-electron chi connectivity index (χ0n) is 12.4. The predicted molar refractivity (Wildman–Crippen MR) is 86.4 cm³/mol. The van der Waals surface area contributed by atoms with Crippen LogP contribution in [0.2, 0.25) is 0 Å². The monoisotopic (exact) mass is 278 g/mol. The summed E-state index contributed by atoms with van der Waals surface area (Å²) in [5.74, 6) is 0. The first-order valence-corrected chi connectivity index (χ1v) is 8.01. The Morgan fingerprint density at radius 1 is 0.857 bits per heavy atom. The molecule has 1 N–H and O–H groups in total. The minimum Gasteiger partial charge on any atom is -0.314 e. The van der Waals surface area contributed by atoms with E-state index in [9.17, 15) is 0 Å². The molecule has 1 aliphatic carbocycles. The normalized spacial score (nSPS) is 25.7. The molecular formula is C19H22N2. The quantitative estimate of drug-likeness (QED) is 0.909. The summed E-state index contributed by atoms with van der Waals surface area (Å²) in [7, 11) is 0. The van der Waals surface area contributed by atoms with Crippen LogP contribution in [0.4, 0.5) is 0 Å². The van der Waals surface area contributed by atoms with Gasteiger partial charge < -0.3 is 5.32 Å². The lowest BCUT2D eigenvalue weighted by molar-refractivity contribution is 0.106. The first-order chi connectivity index (χ1) is 10.4. The topological polar surface area (TPSA) is 15.3 Å². The summed E-state index contributed by atoms with van der Waals surface area (Å²) in [4.78, 5) is 2.70. The summed E-state index contributed by atoms with van der Waals surface area (Å²) < 4.78 is 0. The van der Waals surface area contributed by atoms with E-state index in [0.29, 0.717) is 0 Å². The minimum absolute atomic E-state index is 0.0833. The Kier molecular flexibility index (Phi) is 3.28. The lowest BCUT2D eigenvalue weighted by Crippen LogP contribution is -2.54. The summed E-state index contributed by atoms with van der Waals surface area (Å²) in [6.07, 6.45) is 2.39. The molecule has 21 heavy (non-hydrogen) atoms. The molecule has 1 heterocycles. The number of aryl methyl sites for hydroxylation is 1. The number of nitrogens with one attached hydrogen (secondary N) is 1. The molecule has 0 aromatic heterocycles. The van der Waals surface area contributed by atoms with E-state index in [-0.39, 0.29) is 5.54 Å². The molecule has 1 aliphatic heterocycles. The van der Waals surface area contributed by atoms with Crippen LogP contribution in [0.3, 0.4) is 0 Å². The predicted octanol–water partition coefficient (Wildman–Crippen LogP) is 2.78. The molecule has 108 valence electrons. The molecule has 4 rings (SSSR count). The summed E-state index contributed by atoms with van der Waals surface area (Å²) in [6, 6.07) is 20.1. The Hall–Kier alpha value is -1.64. The van der Waals surface area contributed by atoms with E-state index < -0.39 is 0 Å². The highest BCUT2D eigenvalue weighted by atomic mass is 15.2. The Labute approximate surface area is 126 Å². The first kappa shape index (κ1) is 13.1. The van der Waals surface area contributed by atoms with Crippen molar-refractivity contribution >= 4 is 0 Å². The smallest absolute Gasteiger partial charge is 0.0722 e. The zero-order chi connectivity index (χ0) is 14.1. The van der Waals surface area contributed by atoms with Gasteiger partial charge in [0.2, 0.25) is 0 Å². The van der Waals surface area contributed by atoms with Crippen molar-refractivity contribution in [2.75, 3.05) is 26.2 Å². The molecule has 1 atom stereocenters. The number of fused-ring (bicyclic) bond motifs is 1. The van der Waals surface area contributed by atoms with E-state index in [4.69, 9.17) is 0 Å². The summed E-state index contributed by atoms with van der Waals surface area (Å²) in [6.45, 7) is 4.44. The molecule has 0 saturated carbocycles. The SMILES string of the molecule is c1ccc(C2(N3CCNCC3)CCc3ccccc32)cc1. The van der Waals surface area contributed by atoms with Gasteiger partial charge in [-0.3, -0.25) is 4.90 Å². The second kappa shape index (κ2) is 5.28. The van der Waals surface area contributed by atoms with Gasteiger partial charge in [0.25, 0.3) is 0 Å². The van der Waals surface area contributed by atoms with Crippen molar-refractivity contribution in [3.63, 3.8) is 0 Å². The molecule has 0 spiro atoms. The van der Waals surface area contributed by atoms with Crippen LogP contribution >= 0.6 is 0 Å². The molecule has 0 radical (unpaired) electrons. The molecular weight excluding hydrogens is 256 g/mol. The third kappa shape index (κ3) is 2.02. The van der Waals surface area contributed by atoms with Gasteiger partial charge in [-0.1, -0.05) is 54.6 Å². The average molecular weight is 278 g/mol. The molecule has 2 aliphatic rings. The summed E-state index contributed by atoms with van der Waals surface area (Å²) in [5, 5.41) is 3.49. The fraction of sp³-hybridized carbons (Fsp3) is 0.368. The lowest BCUT2D eigenvalue weighted by Gasteiger charge is -2.45. The van der Waals surface area contributed by atoms with Crippen LogP contribution in [0.15, 0.2) is 54.6 Å². The van der Waals surface area contributed by atoms with Crippen molar-refractivity contribution in [1.82, 2.24) is 10.2 Å². The van der Waals surface area contributed by atoms with Crippen LogP contribution in [-0.4, -0.2) is 31.1 Å². The van der Waals surface area contributed by atoms with Crippen molar-refractivity contribution in [1.29, 1.82) is 0 Å². The van der Waals surface area contributed by atoms with Crippen molar-refractivity contribution in [3.8, 4) is 0 Å². The summed E-state index contributed by atoms with van der Waals surface area (Å²) in [5.41, 5.74) is 4.59.